The molecule has 158 valence electrons. The largest absolute Gasteiger partial charge is 0.383 e. The van der Waals surface area contributed by atoms with Crippen molar-refractivity contribution in [3.8, 4) is 0 Å². The second kappa shape index (κ2) is 10.5. The van der Waals surface area contributed by atoms with Gasteiger partial charge in [0, 0.05) is 32.2 Å². The van der Waals surface area contributed by atoms with E-state index in [9.17, 15) is 14.0 Å². The zero-order valence-corrected chi connectivity index (χ0v) is 16.7. The number of methoxy groups -OCH3 is 1. The summed E-state index contributed by atoms with van der Waals surface area (Å²) >= 11 is 0. The fraction of sp³-hybridized carbons (Fsp3) is 0.318. The molecule has 7 nitrogen and oxygen atoms in total. The Balaban J connectivity index is 1.68. The van der Waals surface area contributed by atoms with Crippen LogP contribution < -0.4 is 5.32 Å². The maximum Gasteiger partial charge on any atom is 0.267 e. The Labute approximate surface area is 174 Å². The Hall–Kier alpha value is -3.26. The van der Waals surface area contributed by atoms with E-state index in [-0.39, 0.29) is 31.3 Å². The number of halogens is 1. The van der Waals surface area contributed by atoms with Gasteiger partial charge in [-0.1, -0.05) is 53.7 Å². The maximum absolute atomic E-state index is 14.0. The Morgan fingerprint density at radius 2 is 1.93 bits per heavy atom. The summed E-state index contributed by atoms with van der Waals surface area (Å²) in [5.74, 6) is -1.10. The van der Waals surface area contributed by atoms with Gasteiger partial charge in [-0.15, -0.1) is 0 Å². The van der Waals surface area contributed by atoms with E-state index in [4.69, 9.17) is 9.57 Å². The molecule has 1 unspecified atom stereocenters. The zero-order valence-electron chi connectivity index (χ0n) is 16.7. The van der Waals surface area contributed by atoms with Crippen molar-refractivity contribution in [3.05, 3.63) is 71.5 Å². The van der Waals surface area contributed by atoms with Gasteiger partial charge in [0.2, 0.25) is 12.0 Å². The predicted octanol–water partition coefficient (Wildman–Crippen LogP) is 2.11. The number of oxime groups is 1. The monoisotopic (exact) mass is 413 g/mol. The van der Waals surface area contributed by atoms with E-state index in [1.165, 1.54) is 11.0 Å². The Bertz CT molecular complexity index is 904. The lowest BCUT2D eigenvalue weighted by Gasteiger charge is -2.24. The van der Waals surface area contributed by atoms with Crippen molar-refractivity contribution >= 4 is 17.5 Å². The molecule has 1 atom stereocenters. The van der Waals surface area contributed by atoms with Crippen molar-refractivity contribution in [2.75, 3.05) is 26.8 Å². The van der Waals surface area contributed by atoms with E-state index in [0.29, 0.717) is 24.4 Å². The van der Waals surface area contributed by atoms with Crippen LogP contribution in [0.3, 0.4) is 0 Å². The average Bonchev–Trinajstić information content (AvgIpc) is 3.24. The number of ether oxygens (including phenoxy) is 1. The maximum atomic E-state index is 14.0. The predicted molar refractivity (Wildman–Crippen MR) is 109 cm³/mol. The molecular formula is C22H24FN3O4. The first kappa shape index (κ1) is 21.4. The van der Waals surface area contributed by atoms with Gasteiger partial charge in [0.25, 0.3) is 5.91 Å². The summed E-state index contributed by atoms with van der Waals surface area (Å²) in [6, 6.07) is 15.6. The molecule has 30 heavy (non-hydrogen) atoms. The van der Waals surface area contributed by atoms with Gasteiger partial charge in [-0.3, -0.25) is 9.59 Å². The third-order valence-electron chi connectivity index (χ3n) is 4.62. The van der Waals surface area contributed by atoms with Gasteiger partial charge in [0.05, 0.1) is 18.9 Å². The van der Waals surface area contributed by atoms with E-state index in [1.54, 1.807) is 25.3 Å². The van der Waals surface area contributed by atoms with Gasteiger partial charge in [0.1, 0.15) is 5.82 Å². The number of benzene rings is 2. The Morgan fingerprint density at radius 1 is 1.20 bits per heavy atom. The van der Waals surface area contributed by atoms with Gasteiger partial charge >= 0.3 is 0 Å². The molecule has 2 amide bonds. The lowest BCUT2D eigenvalue weighted by Crippen LogP contribution is -2.45. The highest BCUT2D eigenvalue weighted by molar-refractivity contribution is 6.04. The van der Waals surface area contributed by atoms with Crippen molar-refractivity contribution in [2.45, 2.75) is 19.1 Å². The standard InChI is InChI=1S/C22H24FN3O4/c1-29-12-11-24-21(27)15-26(14-16-7-3-2-4-8-16)22(28)20-13-19(25-30-20)17-9-5-6-10-18(17)23/h2-10,20H,11-15H2,1H3,(H,24,27). The summed E-state index contributed by atoms with van der Waals surface area (Å²) in [7, 11) is 1.54. The fourth-order valence-electron chi connectivity index (χ4n) is 3.11. The molecule has 0 saturated heterocycles. The first-order chi connectivity index (χ1) is 14.6. The van der Waals surface area contributed by atoms with Crippen molar-refractivity contribution in [2.24, 2.45) is 5.16 Å². The first-order valence-electron chi connectivity index (χ1n) is 9.64. The summed E-state index contributed by atoms with van der Waals surface area (Å²) in [6.45, 7) is 0.839. The molecule has 0 aromatic heterocycles. The van der Waals surface area contributed by atoms with E-state index >= 15 is 0 Å². The van der Waals surface area contributed by atoms with Crippen LogP contribution in [0.4, 0.5) is 4.39 Å². The van der Waals surface area contributed by atoms with E-state index < -0.39 is 11.9 Å². The van der Waals surface area contributed by atoms with Crippen molar-refractivity contribution in [3.63, 3.8) is 0 Å². The van der Waals surface area contributed by atoms with Crippen LogP contribution in [0.2, 0.25) is 0 Å². The van der Waals surface area contributed by atoms with E-state index in [1.807, 2.05) is 30.3 Å². The molecule has 8 heteroatoms. The number of hydrogen-bond donors (Lipinski definition) is 1. The number of amides is 2. The summed E-state index contributed by atoms with van der Waals surface area (Å²) in [6.07, 6.45) is -0.772. The molecule has 1 aliphatic heterocycles. The van der Waals surface area contributed by atoms with Gasteiger partial charge in [-0.2, -0.15) is 0 Å². The molecule has 0 radical (unpaired) electrons. The second-order valence-electron chi connectivity index (χ2n) is 6.84. The Morgan fingerprint density at radius 3 is 2.67 bits per heavy atom. The van der Waals surface area contributed by atoms with Crippen LogP contribution in [0.25, 0.3) is 0 Å². The van der Waals surface area contributed by atoms with Gasteiger partial charge in [-0.05, 0) is 11.6 Å². The van der Waals surface area contributed by atoms with Crippen LogP contribution in [0, 0.1) is 5.82 Å². The summed E-state index contributed by atoms with van der Waals surface area (Å²) in [5, 5.41) is 6.62. The number of carbonyl (C=O) groups excluding carboxylic acids is 2. The highest BCUT2D eigenvalue weighted by Gasteiger charge is 2.34. The van der Waals surface area contributed by atoms with Crippen LogP contribution in [-0.4, -0.2) is 55.3 Å². The third kappa shape index (κ3) is 5.64. The Kier molecular flexibility index (Phi) is 7.51. The molecule has 3 rings (SSSR count). The molecule has 1 N–H and O–H groups in total. The lowest BCUT2D eigenvalue weighted by molar-refractivity contribution is -0.145. The smallest absolute Gasteiger partial charge is 0.267 e. The summed E-state index contributed by atoms with van der Waals surface area (Å²) < 4.78 is 19.0. The summed E-state index contributed by atoms with van der Waals surface area (Å²) in [5.41, 5.74) is 1.55. The van der Waals surface area contributed by atoms with Gasteiger partial charge in [0.15, 0.2) is 0 Å². The van der Waals surface area contributed by atoms with E-state index in [2.05, 4.69) is 10.5 Å². The van der Waals surface area contributed by atoms with Crippen LogP contribution in [-0.2, 0) is 25.7 Å². The zero-order chi connectivity index (χ0) is 21.3. The van der Waals surface area contributed by atoms with Crippen LogP contribution in [0.1, 0.15) is 17.5 Å². The minimum absolute atomic E-state index is 0.133. The molecule has 0 bridgehead atoms. The van der Waals surface area contributed by atoms with Crippen molar-refractivity contribution < 1.29 is 23.6 Å². The number of carbonyl (C=O) groups is 2. The topological polar surface area (TPSA) is 80.2 Å². The normalized spacial score (nSPS) is 15.3. The van der Waals surface area contributed by atoms with E-state index in [0.717, 1.165) is 5.56 Å². The molecule has 0 saturated carbocycles. The highest BCUT2D eigenvalue weighted by atomic mass is 19.1. The second-order valence-corrected chi connectivity index (χ2v) is 6.84. The molecule has 0 spiro atoms. The number of rotatable bonds is 9. The molecular weight excluding hydrogens is 389 g/mol. The quantitative estimate of drug-likeness (QED) is 0.639. The van der Waals surface area contributed by atoms with Crippen LogP contribution >= 0.6 is 0 Å². The molecule has 2 aromatic rings. The minimum Gasteiger partial charge on any atom is -0.383 e. The molecule has 1 aliphatic rings. The molecule has 1 heterocycles. The number of hydrogen-bond acceptors (Lipinski definition) is 5. The average molecular weight is 413 g/mol. The minimum atomic E-state index is -0.907. The molecule has 0 aliphatic carbocycles. The number of nitrogens with zero attached hydrogens (tertiary/aromatic N) is 2. The highest BCUT2D eigenvalue weighted by Crippen LogP contribution is 2.21. The van der Waals surface area contributed by atoms with Gasteiger partial charge in [-0.25, -0.2) is 4.39 Å². The first-order valence-corrected chi connectivity index (χ1v) is 9.64. The fourth-order valence-corrected chi connectivity index (χ4v) is 3.11. The molecule has 2 aromatic carbocycles. The number of nitrogens with one attached hydrogen (secondary N) is 1. The van der Waals surface area contributed by atoms with Crippen LogP contribution in [0.15, 0.2) is 59.8 Å². The van der Waals surface area contributed by atoms with Gasteiger partial charge < -0.3 is 19.8 Å². The molecule has 0 fully saturated rings. The van der Waals surface area contributed by atoms with Crippen LogP contribution in [0.5, 0.6) is 0 Å². The van der Waals surface area contributed by atoms with Crippen molar-refractivity contribution in [1.82, 2.24) is 10.2 Å². The lowest BCUT2D eigenvalue weighted by atomic mass is 10.0. The summed E-state index contributed by atoms with van der Waals surface area (Å²) in [4.78, 5) is 32.1. The third-order valence-corrected chi connectivity index (χ3v) is 4.62. The SMILES string of the molecule is COCCNC(=O)CN(Cc1ccccc1)C(=O)C1CC(c2ccccc2F)=NO1. The van der Waals surface area contributed by atoms with Crippen molar-refractivity contribution in [1.29, 1.82) is 0 Å².